The predicted molar refractivity (Wildman–Crippen MR) is 75.8 cm³/mol. The quantitative estimate of drug-likeness (QED) is 0.870. The van der Waals surface area contributed by atoms with E-state index in [2.05, 4.69) is 15.6 Å². The first-order valence-electron chi connectivity index (χ1n) is 5.84. The summed E-state index contributed by atoms with van der Waals surface area (Å²) in [6.07, 6.45) is 1.28. The molecule has 2 N–H and O–H groups in total. The Morgan fingerprint density at radius 1 is 1.33 bits per heavy atom. The van der Waals surface area contributed by atoms with E-state index in [0.29, 0.717) is 10.6 Å². The molecule has 0 aliphatic carbocycles. The number of benzene rings is 1. The van der Waals surface area contributed by atoms with Crippen LogP contribution in [0.25, 0.3) is 0 Å². The van der Waals surface area contributed by atoms with Gasteiger partial charge in [0.15, 0.2) is 5.69 Å². The largest absolute Gasteiger partial charge is 0.476 e. The van der Waals surface area contributed by atoms with Crippen molar-refractivity contribution in [2.75, 3.05) is 6.54 Å². The molecule has 0 spiro atoms. The first-order chi connectivity index (χ1) is 9.97. The number of carbonyl (C=O) groups is 2. The Balaban J connectivity index is 1.90. The summed E-state index contributed by atoms with van der Waals surface area (Å²) in [6.45, 7) is 0.539. The summed E-state index contributed by atoms with van der Waals surface area (Å²) < 4.78 is 1.33. The number of carbonyl (C=O) groups excluding carboxylic acids is 1. The van der Waals surface area contributed by atoms with E-state index in [1.807, 2.05) is 0 Å². The number of nitrogens with zero attached hydrogens (tertiary/aromatic N) is 3. The van der Waals surface area contributed by atoms with Gasteiger partial charge in [0.2, 0.25) is 0 Å². The summed E-state index contributed by atoms with van der Waals surface area (Å²) in [5.74, 6) is -1.51. The lowest BCUT2D eigenvalue weighted by Gasteiger charge is -2.06. The molecule has 0 unspecified atom stereocenters. The van der Waals surface area contributed by atoms with Crippen molar-refractivity contribution in [3.63, 3.8) is 0 Å². The van der Waals surface area contributed by atoms with Crippen LogP contribution >= 0.6 is 23.2 Å². The number of aromatic carboxylic acids is 1. The molecule has 2 rings (SSSR count). The summed E-state index contributed by atoms with van der Waals surface area (Å²) >= 11 is 11.7. The van der Waals surface area contributed by atoms with Gasteiger partial charge in [0, 0.05) is 11.6 Å². The highest BCUT2D eigenvalue weighted by Crippen LogP contribution is 2.20. The van der Waals surface area contributed by atoms with Gasteiger partial charge < -0.3 is 10.4 Å². The number of amides is 1. The normalized spacial score (nSPS) is 10.4. The van der Waals surface area contributed by atoms with Crippen molar-refractivity contribution >= 4 is 35.1 Å². The second-order valence-electron chi connectivity index (χ2n) is 4.05. The maximum absolute atomic E-state index is 11.9. The first-order valence-corrected chi connectivity index (χ1v) is 6.59. The van der Waals surface area contributed by atoms with Crippen molar-refractivity contribution in [3.05, 3.63) is 45.7 Å². The molecule has 0 radical (unpaired) electrons. The summed E-state index contributed by atoms with van der Waals surface area (Å²) in [5, 5.41) is 19.1. The number of halogens is 2. The fourth-order valence-electron chi connectivity index (χ4n) is 1.56. The van der Waals surface area contributed by atoms with Crippen molar-refractivity contribution < 1.29 is 14.7 Å². The van der Waals surface area contributed by atoms with Gasteiger partial charge in [-0.2, -0.15) is 0 Å². The van der Waals surface area contributed by atoms with Crippen LogP contribution in [0.3, 0.4) is 0 Å². The summed E-state index contributed by atoms with van der Waals surface area (Å²) in [4.78, 5) is 22.5. The molecule has 0 atom stereocenters. The van der Waals surface area contributed by atoms with Gasteiger partial charge in [0.25, 0.3) is 5.91 Å². The van der Waals surface area contributed by atoms with E-state index in [9.17, 15) is 9.59 Å². The Hall–Kier alpha value is -2.12. The zero-order chi connectivity index (χ0) is 15.4. The topological polar surface area (TPSA) is 97.1 Å². The highest BCUT2D eigenvalue weighted by molar-refractivity contribution is 6.36. The predicted octanol–water partition coefficient (Wildman–Crippen LogP) is 1.71. The van der Waals surface area contributed by atoms with E-state index in [1.165, 1.54) is 23.0 Å². The maximum atomic E-state index is 11.9. The average Bonchev–Trinajstić information content (AvgIpc) is 2.87. The highest BCUT2D eigenvalue weighted by atomic mass is 35.5. The second kappa shape index (κ2) is 6.55. The Morgan fingerprint density at radius 2 is 2.10 bits per heavy atom. The Labute approximate surface area is 129 Å². The van der Waals surface area contributed by atoms with Gasteiger partial charge in [-0.15, -0.1) is 5.10 Å². The minimum Gasteiger partial charge on any atom is -0.476 e. The van der Waals surface area contributed by atoms with Crippen LogP contribution in [0.15, 0.2) is 24.4 Å². The van der Waals surface area contributed by atoms with Crippen molar-refractivity contribution in [3.8, 4) is 0 Å². The van der Waals surface area contributed by atoms with Gasteiger partial charge in [-0.25, -0.2) is 9.48 Å². The van der Waals surface area contributed by atoms with Crippen molar-refractivity contribution in [1.29, 1.82) is 0 Å². The zero-order valence-corrected chi connectivity index (χ0v) is 12.1. The third kappa shape index (κ3) is 3.93. The van der Waals surface area contributed by atoms with Crippen molar-refractivity contribution in [1.82, 2.24) is 20.3 Å². The molecule has 2 aromatic rings. The monoisotopic (exact) mass is 328 g/mol. The van der Waals surface area contributed by atoms with Gasteiger partial charge in [-0.05, 0) is 18.2 Å². The van der Waals surface area contributed by atoms with Gasteiger partial charge in [-0.1, -0.05) is 28.4 Å². The Kier molecular flexibility index (Phi) is 4.77. The second-order valence-corrected chi connectivity index (χ2v) is 4.90. The van der Waals surface area contributed by atoms with Crippen LogP contribution in [-0.4, -0.2) is 38.5 Å². The molecule has 7 nitrogen and oxygen atoms in total. The number of carboxylic acids is 1. The van der Waals surface area contributed by atoms with E-state index in [-0.39, 0.29) is 29.7 Å². The van der Waals surface area contributed by atoms with E-state index in [0.717, 1.165) is 0 Å². The molecule has 110 valence electrons. The molecule has 0 aliphatic rings. The standard InChI is InChI=1S/C12H10Cl2N4O3/c13-7-1-2-8(9(14)5-7)11(19)15-3-4-18-6-10(12(20)21)16-17-18/h1-2,5-6H,3-4H2,(H,15,19)(H,20,21). The zero-order valence-electron chi connectivity index (χ0n) is 10.6. The third-order valence-electron chi connectivity index (χ3n) is 2.56. The number of nitrogens with one attached hydrogen (secondary N) is 1. The highest BCUT2D eigenvalue weighted by Gasteiger charge is 2.11. The van der Waals surface area contributed by atoms with Gasteiger partial charge in [0.1, 0.15) is 0 Å². The van der Waals surface area contributed by atoms with E-state index in [1.54, 1.807) is 6.07 Å². The van der Waals surface area contributed by atoms with Crippen LogP contribution < -0.4 is 5.32 Å². The lowest BCUT2D eigenvalue weighted by Crippen LogP contribution is -2.27. The molecular weight excluding hydrogens is 319 g/mol. The average molecular weight is 329 g/mol. The van der Waals surface area contributed by atoms with Crippen LogP contribution in [0, 0.1) is 0 Å². The summed E-state index contributed by atoms with van der Waals surface area (Å²) in [6, 6.07) is 4.57. The molecule has 1 aromatic carbocycles. The molecule has 9 heteroatoms. The van der Waals surface area contributed by atoms with Gasteiger partial charge >= 0.3 is 5.97 Å². The molecule has 1 heterocycles. The molecule has 21 heavy (non-hydrogen) atoms. The minimum atomic E-state index is -1.15. The van der Waals surface area contributed by atoms with Crippen LogP contribution in [0.2, 0.25) is 10.0 Å². The lowest BCUT2D eigenvalue weighted by molar-refractivity contribution is 0.0690. The molecule has 1 aromatic heterocycles. The molecule has 0 fully saturated rings. The number of carboxylic acid groups (broad SMARTS) is 1. The fourth-order valence-corrected chi connectivity index (χ4v) is 2.05. The molecule has 0 bridgehead atoms. The van der Waals surface area contributed by atoms with Gasteiger partial charge in [-0.3, -0.25) is 4.79 Å². The Morgan fingerprint density at radius 3 is 2.71 bits per heavy atom. The number of hydrogen-bond donors (Lipinski definition) is 2. The fraction of sp³-hybridized carbons (Fsp3) is 0.167. The smallest absolute Gasteiger partial charge is 0.358 e. The van der Waals surface area contributed by atoms with E-state index < -0.39 is 5.97 Å². The van der Waals surface area contributed by atoms with Crippen LogP contribution in [0.1, 0.15) is 20.8 Å². The number of rotatable bonds is 5. The van der Waals surface area contributed by atoms with Crippen molar-refractivity contribution in [2.45, 2.75) is 6.54 Å². The van der Waals surface area contributed by atoms with Gasteiger partial charge in [0.05, 0.1) is 23.3 Å². The van der Waals surface area contributed by atoms with E-state index >= 15 is 0 Å². The number of aromatic nitrogens is 3. The number of hydrogen-bond acceptors (Lipinski definition) is 4. The SMILES string of the molecule is O=C(O)c1cn(CCNC(=O)c2ccc(Cl)cc2Cl)nn1. The maximum Gasteiger partial charge on any atom is 0.358 e. The lowest BCUT2D eigenvalue weighted by atomic mass is 10.2. The summed E-state index contributed by atoms with van der Waals surface area (Å²) in [7, 11) is 0. The first kappa shape index (κ1) is 15.3. The molecule has 0 aliphatic heterocycles. The minimum absolute atomic E-state index is 0.151. The Bertz CT molecular complexity index is 687. The summed E-state index contributed by atoms with van der Waals surface area (Å²) in [5.41, 5.74) is 0.160. The molecular formula is C12H10Cl2N4O3. The molecule has 0 saturated carbocycles. The van der Waals surface area contributed by atoms with Crippen LogP contribution in [0.4, 0.5) is 0 Å². The van der Waals surface area contributed by atoms with Crippen LogP contribution in [-0.2, 0) is 6.54 Å². The molecule has 1 amide bonds. The van der Waals surface area contributed by atoms with Crippen molar-refractivity contribution in [2.24, 2.45) is 0 Å². The van der Waals surface area contributed by atoms with Crippen LogP contribution in [0.5, 0.6) is 0 Å². The third-order valence-corrected chi connectivity index (χ3v) is 3.11. The molecule has 0 saturated heterocycles. The van der Waals surface area contributed by atoms with E-state index in [4.69, 9.17) is 28.3 Å².